The lowest BCUT2D eigenvalue weighted by Crippen LogP contribution is -2.42. The maximum atomic E-state index is 11.5. The first-order valence-corrected chi connectivity index (χ1v) is 4.85. The van der Waals surface area contributed by atoms with Crippen LogP contribution in [0.2, 0.25) is 0 Å². The Morgan fingerprint density at radius 1 is 1.29 bits per heavy atom. The van der Waals surface area contributed by atoms with Gasteiger partial charge in [-0.3, -0.25) is 4.79 Å². The third kappa shape index (κ3) is 3.36. The minimum atomic E-state index is -0.450. The summed E-state index contributed by atoms with van der Waals surface area (Å²) in [6, 6.07) is -0.422. The highest BCUT2D eigenvalue weighted by Gasteiger charge is 2.24. The number of carbonyl (C=O) groups excluding carboxylic acids is 2. The van der Waals surface area contributed by atoms with Gasteiger partial charge in [-0.2, -0.15) is 0 Å². The van der Waals surface area contributed by atoms with Gasteiger partial charge in [-0.05, 0) is 13.8 Å². The van der Waals surface area contributed by atoms with Crippen molar-refractivity contribution in [3.63, 3.8) is 0 Å². The number of amides is 1. The fourth-order valence-corrected chi connectivity index (χ4v) is 1.06. The lowest BCUT2D eigenvalue weighted by Gasteiger charge is -2.24. The van der Waals surface area contributed by atoms with E-state index in [1.54, 1.807) is 20.9 Å². The van der Waals surface area contributed by atoms with Crippen molar-refractivity contribution in [1.29, 1.82) is 0 Å². The normalized spacial score (nSPS) is 12.4. The van der Waals surface area contributed by atoms with Gasteiger partial charge in [0.1, 0.15) is 0 Å². The molecular formula is C10H19NO3. The number of ketones is 1. The van der Waals surface area contributed by atoms with Crippen molar-refractivity contribution in [3.8, 4) is 0 Å². The smallest absolute Gasteiger partial charge is 0.410 e. The number of nitrogens with zero attached hydrogens (tertiary/aromatic N) is 1. The molecule has 0 aromatic carbocycles. The van der Waals surface area contributed by atoms with Gasteiger partial charge >= 0.3 is 6.09 Å². The van der Waals surface area contributed by atoms with Crippen LogP contribution < -0.4 is 0 Å². The second-order valence-electron chi connectivity index (χ2n) is 3.54. The van der Waals surface area contributed by atoms with Crippen LogP contribution in [0.5, 0.6) is 0 Å². The molecule has 1 unspecified atom stereocenters. The van der Waals surface area contributed by atoms with Crippen molar-refractivity contribution >= 4 is 11.9 Å². The van der Waals surface area contributed by atoms with Crippen molar-refractivity contribution in [3.05, 3.63) is 0 Å². The van der Waals surface area contributed by atoms with Crippen LogP contribution in [0, 0.1) is 5.92 Å². The number of ether oxygens (including phenoxy) is 1. The third-order valence-electron chi connectivity index (χ3n) is 2.12. The predicted molar refractivity (Wildman–Crippen MR) is 54.1 cm³/mol. The van der Waals surface area contributed by atoms with Gasteiger partial charge in [0, 0.05) is 13.0 Å². The predicted octanol–water partition coefficient (Wildman–Crippen LogP) is 1.69. The molecule has 0 aromatic heterocycles. The van der Waals surface area contributed by atoms with E-state index in [-0.39, 0.29) is 11.7 Å². The summed E-state index contributed by atoms with van der Waals surface area (Å²) in [7, 11) is 1.57. The van der Waals surface area contributed by atoms with Gasteiger partial charge in [0.15, 0.2) is 5.78 Å². The molecule has 0 aliphatic carbocycles. The van der Waals surface area contributed by atoms with Gasteiger partial charge in [-0.15, -0.1) is 0 Å². The summed E-state index contributed by atoms with van der Waals surface area (Å²) in [5, 5.41) is 0. The Morgan fingerprint density at radius 2 is 1.79 bits per heavy atom. The molecule has 1 atom stereocenters. The van der Waals surface area contributed by atoms with Crippen molar-refractivity contribution in [1.82, 2.24) is 4.90 Å². The van der Waals surface area contributed by atoms with Gasteiger partial charge in [-0.1, -0.05) is 13.8 Å². The Kier molecular flexibility index (Phi) is 5.20. The zero-order valence-electron chi connectivity index (χ0n) is 9.53. The van der Waals surface area contributed by atoms with Crippen molar-refractivity contribution in [2.45, 2.75) is 33.7 Å². The summed E-state index contributed by atoms with van der Waals surface area (Å²) >= 11 is 0. The summed E-state index contributed by atoms with van der Waals surface area (Å²) in [6.45, 7) is 7.40. The second-order valence-corrected chi connectivity index (χ2v) is 3.54. The SMILES string of the molecule is CCOC(=O)N(C)C(C)C(=O)C(C)C. The van der Waals surface area contributed by atoms with E-state index in [1.807, 2.05) is 13.8 Å². The quantitative estimate of drug-likeness (QED) is 0.695. The minimum Gasteiger partial charge on any atom is -0.450 e. The van der Waals surface area contributed by atoms with Gasteiger partial charge in [0.2, 0.25) is 0 Å². The standard InChI is InChI=1S/C10H19NO3/c1-6-14-10(13)11(5)8(4)9(12)7(2)3/h7-8H,6H2,1-5H3. The number of rotatable bonds is 4. The van der Waals surface area contributed by atoms with Gasteiger partial charge < -0.3 is 9.64 Å². The molecule has 0 heterocycles. The van der Waals surface area contributed by atoms with Crippen LogP contribution in [0.4, 0.5) is 4.79 Å². The first-order valence-electron chi connectivity index (χ1n) is 4.85. The molecule has 0 aliphatic heterocycles. The summed E-state index contributed by atoms with van der Waals surface area (Å²) in [6.07, 6.45) is -0.450. The third-order valence-corrected chi connectivity index (χ3v) is 2.12. The van der Waals surface area contributed by atoms with E-state index in [0.29, 0.717) is 6.61 Å². The van der Waals surface area contributed by atoms with Crippen molar-refractivity contribution in [2.24, 2.45) is 5.92 Å². The Labute approximate surface area is 85.2 Å². The molecule has 14 heavy (non-hydrogen) atoms. The van der Waals surface area contributed by atoms with Gasteiger partial charge in [-0.25, -0.2) is 4.79 Å². The fraction of sp³-hybridized carbons (Fsp3) is 0.800. The van der Waals surface area contributed by atoms with E-state index in [2.05, 4.69) is 0 Å². The summed E-state index contributed by atoms with van der Waals surface area (Å²) in [5.41, 5.74) is 0. The van der Waals surface area contributed by atoms with Crippen LogP contribution in [0.3, 0.4) is 0 Å². The number of hydrogen-bond acceptors (Lipinski definition) is 3. The van der Waals surface area contributed by atoms with Crippen molar-refractivity contribution in [2.75, 3.05) is 13.7 Å². The Morgan fingerprint density at radius 3 is 2.14 bits per heavy atom. The van der Waals surface area contributed by atoms with E-state index < -0.39 is 12.1 Å². The first kappa shape index (κ1) is 12.9. The average Bonchev–Trinajstić information content (AvgIpc) is 2.14. The van der Waals surface area contributed by atoms with Crippen LogP contribution in [0.1, 0.15) is 27.7 Å². The van der Waals surface area contributed by atoms with Gasteiger partial charge in [0.05, 0.1) is 12.6 Å². The second kappa shape index (κ2) is 5.62. The Hall–Kier alpha value is -1.06. The lowest BCUT2D eigenvalue weighted by atomic mass is 10.0. The summed E-state index contributed by atoms with van der Waals surface area (Å²) < 4.78 is 4.79. The number of likely N-dealkylation sites (N-methyl/N-ethyl adjacent to an activating group) is 1. The van der Waals surface area contributed by atoms with Crippen LogP contribution >= 0.6 is 0 Å². The van der Waals surface area contributed by atoms with E-state index in [1.165, 1.54) is 4.90 Å². The molecule has 82 valence electrons. The van der Waals surface area contributed by atoms with Crippen LogP contribution in [0.15, 0.2) is 0 Å². The zero-order valence-corrected chi connectivity index (χ0v) is 9.53. The molecule has 1 amide bonds. The molecule has 4 nitrogen and oxygen atoms in total. The molecule has 0 fully saturated rings. The van der Waals surface area contributed by atoms with Crippen LogP contribution in [0.25, 0.3) is 0 Å². The molecule has 0 spiro atoms. The van der Waals surface area contributed by atoms with E-state index >= 15 is 0 Å². The maximum absolute atomic E-state index is 11.5. The molecule has 0 aliphatic rings. The van der Waals surface area contributed by atoms with Crippen LogP contribution in [-0.4, -0.2) is 36.5 Å². The Balaban J connectivity index is 4.31. The zero-order chi connectivity index (χ0) is 11.3. The van der Waals surface area contributed by atoms with Gasteiger partial charge in [0.25, 0.3) is 0 Å². The maximum Gasteiger partial charge on any atom is 0.410 e. The molecule has 0 aromatic rings. The Bertz CT molecular complexity index is 213. The van der Waals surface area contributed by atoms with E-state index in [9.17, 15) is 9.59 Å². The number of Topliss-reactive ketones (excluding diaryl/α,β-unsaturated/α-hetero) is 1. The molecule has 0 rings (SSSR count). The largest absolute Gasteiger partial charge is 0.450 e. The molecule has 0 saturated carbocycles. The molecule has 0 radical (unpaired) electrons. The lowest BCUT2D eigenvalue weighted by molar-refractivity contribution is -0.125. The minimum absolute atomic E-state index is 0.0422. The monoisotopic (exact) mass is 201 g/mol. The molecule has 0 N–H and O–H groups in total. The van der Waals surface area contributed by atoms with E-state index in [0.717, 1.165) is 0 Å². The number of carbonyl (C=O) groups is 2. The highest BCUT2D eigenvalue weighted by Crippen LogP contribution is 2.06. The number of hydrogen-bond donors (Lipinski definition) is 0. The van der Waals surface area contributed by atoms with E-state index in [4.69, 9.17) is 4.74 Å². The highest BCUT2D eigenvalue weighted by molar-refractivity contribution is 5.88. The fourth-order valence-electron chi connectivity index (χ4n) is 1.06. The first-order chi connectivity index (χ1) is 6.41. The molecular weight excluding hydrogens is 182 g/mol. The average molecular weight is 201 g/mol. The van der Waals surface area contributed by atoms with Crippen LogP contribution in [-0.2, 0) is 9.53 Å². The topological polar surface area (TPSA) is 46.6 Å². The summed E-state index contributed by atoms with van der Waals surface area (Å²) in [4.78, 5) is 24.1. The summed E-state index contributed by atoms with van der Waals surface area (Å²) in [5.74, 6) is -0.0255. The molecule has 4 heteroatoms. The molecule has 0 bridgehead atoms. The van der Waals surface area contributed by atoms with Crippen molar-refractivity contribution < 1.29 is 14.3 Å². The molecule has 0 saturated heterocycles. The highest BCUT2D eigenvalue weighted by atomic mass is 16.6.